The monoisotopic (exact) mass is 688 g/mol. The molecule has 11 rings (SSSR count). The lowest BCUT2D eigenvalue weighted by atomic mass is 10.1. The van der Waals surface area contributed by atoms with Crippen LogP contribution in [0.3, 0.4) is 0 Å². The summed E-state index contributed by atoms with van der Waals surface area (Å²) in [7, 11) is 0. The lowest BCUT2D eigenvalue weighted by Crippen LogP contribution is -1.97. The quantitative estimate of drug-likeness (QED) is 0.180. The van der Waals surface area contributed by atoms with Gasteiger partial charge in [-0.05, 0) is 71.8 Å². The summed E-state index contributed by atoms with van der Waals surface area (Å²) in [5.74, 6) is 0.713. The van der Waals surface area contributed by atoms with Crippen LogP contribution in [0.15, 0.2) is 194 Å². The average Bonchev–Trinajstić information content (AvgIpc) is 3.77. The highest BCUT2D eigenvalue weighted by molar-refractivity contribution is 6.26. The second-order valence-corrected chi connectivity index (χ2v) is 13.8. The number of para-hydroxylation sites is 3. The molecule has 0 aliphatic rings. The number of hydrogen-bond donors (Lipinski definition) is 0. The first-order valence-electron chi connectivity index (χ1n) is 18.3. The van der Waals surface area contributed by atoms with Gasteiger partial charge in [-0.25, -0.2) is 9.97 Å². The minimum atomic E-state index is 0.713. The van der Waals surface area contributed by atoms with Gasteiger partial charge in [0.2, 0.25) is 0 Å². The van der Waals surface area contributed by atoms with Crippen LogP contribution in [-0.2, 0) is 0 Å². The molecule has 252 valence electrons. The predicted octanol–water partition coefficient (Wildman–Crippen LogP) is 12.8. The van der Waals surface area contributed by atoms with Crippen LogP contribution < -0.4 is 0 Å². The van der Waals surface area contributed by atoms with Crippen LogP contribution in [0.4, 0.5) is 0 Å². The van der Waals surface area contributed by atoms with Crippen molar-refractivity contribution >= 4 is 54.5 Å². The zero-order chi connectivity index (χ0) is 35.6. The Morgan fingerprint density at radius 2 is 0.852 bits per heavy atom. The van der Waals surface area contributed by atoms with Crippen LogP contribution in [-0.4, -0.2) is 19.1 Å². The maximum Gasteiger partial charge on any atom is 0.160 e. The van der Waals surface area contributed by atoms with Crippen molar-refractivity contribution in [2.45, 2.75) is 0 Å². The van der Waals surface area contributed by atoms with Gasteiger partial charge in [-0.2, -0.15) is 0 Å². The molecule has 54 heavy (non-hydrogen) atoms. The summed E-state index contributed by atoms with van der Waals surface area (Å²) >= 11 is 0. The molecule has 0 saturated heterocycles. The molecule has 0 radical (unpaired) electrons. The first kappa shape index (κ1) is 30.3. The van der Waals surface area contributed by atoms with Crippen LogP contribution in [0.5, 0.6) is 0 Å². The van der Waals surface area contributed by atoms with Crippen molar-refractivity contribution in [1.82, 2.24) is 19.1 Å². The third-order valence-electron chi connectivity index (χ3n) is 10.7. The minimum absolute atomic E-state index is 0.713. The van der Waals surface area contributed by atoms with Crippen LogP contribution >= 0.6 is 0 Å². The molecule has 3 heterocycles. The molecule has 0 fully saturated rings. The molecule has 4 heteroatoms. The van der Waals surface area contributed by atoms with Crippen LogP contribution in [0.2, 0.25) is 0 Å². The summed E-state index contributed by atoms with van der Waals surface area (Å²) in [5, 5.41) is 5.97. The Balaban J connectivity index is 1.11. The van der Waals surface area contributed by atoms with Gasteiger partial charge in [-0.3, -0.25) is 0 Å². The molecule has 4 nitrogen and oxygen atoms in total. The van der Waals surface area contributed by atoms with Gasteiger partial charge in [0.25, 0.3) is 0 Å². The Hall–Kier alpha value is -7.30. The van der Waals surface area contributed by atoms with E-state index in [0.29, 0.717) is 5.82 Å². The number of fused-ring (bicyclic) bond motifs is 8. The Morgan fingerprint density at radius 3 is 1.57 bits per heavy atom. The highest BCUT2D eigenvalue weighted by Gasteiger charge is 2.21. The molecule has 0 bridgehead atoms. The largest absolute Gasteiger partial charge is 0.309 e. The van der Waals surface area contributed by atoms with E-state index in [9.17, 15) is 0 Å². The lowest BCUT2D eigenvalue weighted by Gasteiger charge is -2.12. The maximum atomic E-state index is 5.14. The number of rotatable bonds is 5. The molecule has 0 aliphatic heterocycles. The predicted molar refractivity (Wildman–Crippen MR) is 225 cm³/mol. The number of hydrogen-bond acceptors (Lipinski definition) is 2. The highest BCUT2D eigenvalue weighted by Crippen LogP contribution is 2.42. The molecule has 0 unspecified atom stereocenters. The summed E-state index contributed by atoms with van der Waals surface area (Å²) in [6.07, 6.45) is 0. The first-order chi connectivity index (χ1) is 26.8. The fourth-order valence-electron chi connectivity index (χ4n) is 8.27. The fraction of sp³-hybridized carbons (Fsp3) is 0. The molecule has 0 amide bonds. The standard InChI is InChI=1S/C50H32N4/c1-3-13-33(14-4-1)34-23-27-37(28-24-34)53-45-22-12-9-19-42(45)47-46(53)32-31-40-39-17-8-11-21-44(39)54(49(40)47)38-29-25-36(26-30-38)50-51-43-20-10-7-18-41(43)48(52-50)35-15-5-2-6-16-35/h1-32H. The Labute approximate surface area is 311 Å². The summed E-state index contributed by atoms with van der Waals surface area (Å²) in [4.78, 5) is 10.2. The van der Waals surface area contributed by atoms with E-state index in [-0.39, 0.29) is 0 Å². The second kappa shape index (κ2) is 12.1. The minimum Gasteiger partial charge on any atom is -0.309 e. The van der Waals surface area contributed by atoms with Gasteiger partial charge in [0.1, 0.15) is 0 Å². The third kappa shape index (κ3) is 4.70. The maximum absolute atomic E-state index is 5.14. The van der Waals surface area contributed by atoms with Crippen molar-refractivity contribution < 1.29 is 0 Å². The summed E-state index contributed by atoms with van der Waals surface area (Å²) in [6.45, 7) is 0. The van der Waals surface area contributed by atoms with Crippen LogP contribution in [0.1, 0.15) is 0 Å². The molecule has 0 N–H and O–H groups in total. The Bertz CT molecular complexity index is 3170. The molecule has 3 aromatic heterocycles. The highest BCUT2D eigenvalue weighted by atomic mass is 15.0. The van der Waals surface area contributed by atoms with Gasteiger partial charge >= 0.3 is 0 Å². The number of nitrogens with zero attached hydrogens (tertiary/aromatic N) is 4. The van der Waals surface area contributed by atoms with E-state index in [4.69, 9.17) is 9.97 Å². The summed E-state index contributed by atoms with van der Waals surface area (Å²) < 4.78 is 4.84. The molecule has 11 aromatic rings. The van der Waals surface area contributed by atoms with Crippen molar-refractivity contribution in [1.29, 1.82) is 0 Å². The normalized spacial score (nSPS) is 11.7. The van der Waals surface area contributed by atoms with E-state index in [1.807, 2.05) is 18.2 Å². The lowest BCUT2D eigenvalue weighted by molar-refractivity contribution is 1.17. The van der Waals surface area contributed by atoms with Gasteiger partial charge in [-0.15, -0.1) is 0 Å². The van der Waals surface area contributed by atoms with Crippen LogP contribution in [0, 0.1) is 0 Å². The van der Waals surface area contributed by atoms with Gasteiger partial charge in [0.05, 0.1) is 33.3 Å². The van der Waals surface area contributed by atoms with Crippen molar-refractivity contribution in [3.63, 3.8) is 0 Å². The van der Waals surface area contributed by atoms with E-state index in [1.54, 1.807) is 0 Å². The fourth-order valence-corrected chi connectivity index (χ4v) is 8.27. The molecule has 8 aromatic carbocycles. The smallest absolute Gasteiger partial charge is 0.160 e. The van der Waals surface area contributed by atoms with Gasteiger partial charge in [0.15, 0.2) is 5.82 Å². The van der Waals surface area contributed by atoms with Gasteiger partial charge in [0, 0.05) is 49.4 Å². The second-order valence-electron chi connectivity index (χ2n) is 13.8. The van der Waals surface area contributed by atoms with E-state index in [0.717, 1.165) is 39.1 Å². The van der Waals surface area contributed by atoms with E-state index >= 15 is 0 Å². The number of aromatic nitrogens is 4. The van der Waals surface area contributed by atoms with Gasteiger partial charge in [-0.1, -0.05) is 133 Å². The molecule has 0 saturated carbocycles. The summed E-state index contributed by atoms with van der Waals surface area (Å²) in [5.41, 5.74) is 13.3. The molecule has 0 aliphatic carbocycles. The van der Waals surface area contributed by atoms with Crippen LogP contribution in [0.25, 0.3) is 99.7 Å². The van der Waals surface area contributed by atoms with E-state index in [2.05, 4.69) is 185 Å². The van der Waals surface area contributed by atoms with Crippen molar-refractivity contribution in [2.75, 3.05) is 0 Å². The zero-order valence-electron chi connectivity index (χ0n) is 29.3. The SMILES string of the molecule is c1ccc(-c2ccc(-n3c4ccccc4c4c3ccc3c5ccccc5n(-c5ccc(-c6nc(-c7ccccc7)c7ccccc7n6)cc5)c34)cc2)cc1. The molecule has 0 spiro atoms. The number of benzene rings is 8. The Morgan fingerprint density at radius 1 is 0.315 bits per heavy atom. The van der Waals surface area contributed by atoms with Crippen molar-refractivity contribution in [3.8, 4) is 45.1 Å². The summed E-state index contributed by atoms with van der Waals surface area (Å²) in [6, 6.07) is 69.0. The average molecular weight is 689 g/mol. The van der Waals surface area contributed by atoms with E-state index in [1.165, 1.54) is 54.7 Å². The van der Waals surface area contributed by atoms with E-state index < -0.39 is 0 Å². The molecular weight excluding hydrogens is 657 g/mol. The molecular formula is C50H32N4. The molecule has 0 atom stereocenters. The topological polar surface area (TPSA) is 35.6 Å². The zero-order valence-corrected chi connectivity index (χ0v) is 29.3. The Kier molecular flexibility index (Phi) is 6.82. The third-order valence-corrected chi connectivity index (χ3v) is 10.7. The van der Waals surface area contributed by atoms with Crippen molar-refractivity contribution in [3.05, 3.63) is 194 Å². The van der Waals surface area contributed by atoms with Crippen molar-refractivity contribution in [2.24, 2.45) is 0 Å². The first-order valence-corrected chi connectivity index (χ1v) is 18.3. The van der Waals surface area contributed by atoms with Gasteiger partial charge < -0.3 is 9.13 Å².